The fourth-order valence-electron chi connectivity index (χ4n) is 14.1. The van der Waals surface area contributed by atoms with Crippen LogP contribution in [0.2, 0.25) is 0 Å². The summed E-state index contributed by atoms with van der Waals surface area (Å²) in [7, 11) is 0. The SMILES string of the molecule is CC1=CO[C@@H]2O[C@]3(C)CC[C@H]4[C@H](C)CC[C@@H]1C24OO3.C[C@@H]1CC[C@H]2[C@@H](C)C(OC3O[C@@H]4O[C@]5(C)CO[C@H]6[C@H](C)CC[C@@H]([C@H]3C)[C@@]46OO5)O[C@@H]3O[C@]4(C)CC[C@@H]1C32OO4. The Morgan fingerprint density at radius 3 is 1.74 bits per heavy atom. The largest absolute Gasteiger partial charge is 0.469 e. The van der Waals surface area contributed by atoms with Gasteiger partial charge in [-0.05, 0) is 108 Å². The van der Waals surface area contributed by atoms with E-state index in [2.05, 4.69) is 41.5 Å². The molecule has 0 amide bonds. The molecule has 12 aliphatic heterocycles. The van der Waals surface area contributed by atoms with Crippen molar-refractivity contribution in [3.8, 4) is 0 Å². The van der Waals surface area contributed by atoms with E-state index in [0.29, 0.717) is 42.1 Å². The van der Waals surface area contributed by atoms with E-state index >= 15 is 0 Å². The monoisotopic (exact) mass is 818 g/mol. The van der Waals surface area contributed by atoms with Crippen LogP contribution in [-0.4, -0.2) is 78.3 Å². The van der Waals surface area contributed by atoms with E-state index in [4.69, 9.17) is 67.2 Å². The van der Waals surface area contributed by atoms with Crippen LogP contribution in [0.25, 0.3) is 0 Å². The number of fused-ring (bicyclic) bond motifs is 6. The molecule has 14 fully saturated rings. The highest BCUT2D eigenvalue weighted by Gasteiger charge is 2.73. The molecule has 12 heterocycles. The van der Waals surface area contributed by atoms with Crippen LogP contribution in [0.1, 0.15) is 127 Å². The van der Waals surface area contributed by atoms with Crippen molar-refractivity contribution in [1.82, 2.24) is 0 Å². The first-order chi connectivity index (χ1) is 27.6. The highest BCUT2D eigenvalue weighted by molar-refractivity contribution is 5.19. The van der Waals surface area contributed by atoms with Gasteiger partial charge < -0.3 is 37.9 Å². The number of ether oxygens (including phenoxy) is 8. The van der Waals surface area contributed by atoms with Gasteiger partial charge >= 0.3 is 0 Å². The average molecular weight is 819 g/mol. The van der Waals surface area contributed by atoms with Gasteiger partial charge in [0.05, 0.1) is 12.4 Å². The van der Waals surface area contributed by atoms with Crippen LogP contribution in [0.3, 0.4) is 0 Å². The molecule has 3 aliphatic carbocycles. The summed E-state index contributed by atoms with van der Waals surface area (Å²) in [5, 5.41) is 0. The zero-order valence-electron chi connectivity index (χ0n) is 35.8. The van der Waals surface area contributed by atoms with Gasteiger partial charge in [0.1, 0.15) is 6.61 Å². The molecule has 14 nitrogen and oxygen atoms in total. The van der Waals surface area contributed by atoms with Crippen molar-refractivity contribution in [2.45, 2.75) is 198 Å². The van der Waals surface area contributed by atoms with E-state index in [1.54, 1.807) is 0 Å². The first kappa shape index (κ1) is 39.8. The van der Waals surface area contributed by atoms with Gasteiger partial charge in [-0.25, -0.2) is 24.4 Å². The molecule has 58 heavy (non-hydrogen) atoms. The van der Waals surface area contributed by atoms with Crippen molar-refractivity contribution < 1.29 is 67.2 Å². The highest BCUT2D eigenvalue weighted by Crippen LogP contribution is 2.63. The molecule has 3 spiro atoms. The predicted molar refractivity (Wildman–Crippen MR) is 199 cm³/mol. The molecule has 0 N–H and O–H groups in total. The van der Waals surface area contributed by atoms with Crippen LogP contribution in [0.15, 0.2) is 11.8 Å². The third-order valence-corrected chi connectivity index (χ3v) is 17.4. The molecular weight excluding hydrogens is 752 g/mol. The van der Waals surface area contributed by atoms with Crippen molar-refractivity contribution in [2.75, 3.05) is 6.61 Å². The molecule has 0 aromatic carbocycles. The Morgan fingerprint density at radius 1 is 0.534 bits per heavy atom. The zero-order chi connectivity index (χ0) is 40.2. The van der Waals surface area contributed by atoms with Crippen LogP contribution >= 0.6 is 0 Å². The Hall–Kier alpha value is -0.980. The molecule has 15 aliphatic rings. The van der Waals surface area contributed by atoms with E-state index in [1.807, 2.05) is 27.0 Å². The Bertz CT molecular complexity index is 1570. The molecule has 0 radical (unpaired) electrons. The molecule has 0 aromatic rings. The summed E-state index contributed by atoms with van der Waals surface area (Å²) in [6.45, 7) is 19.4. The molecule has 14 heteroatoms. The van der Waals surface area contributed by atoms with Gasteiger partial charge in [-0.15, -0.1) is 0 Å². The Kier molecular flexibility index (Phi) is 9.28. The Morgan fingerprint density at radius 2 is 1.05 bits per heavy atom. The molecule has 326 valence electrons. The zero-order valence-corrected chi connectivity index (χ0v) is 35.8. The minimum absolute atomic E-state index is 0.00363. The number of hydrogen-bond donors (Lipinski definition) is 0. The second kappa shape index (κ2) is 13.5. The van der Waals surface area contributed by atoms with Gasteiger partial charge in [-0.3, -0.25) is 0 Å². The van der Waals surface area contributed by atoms with E-state index in [0.717, 1.165) is 57.8 Å². The predicted octanol–water partition coefficient (Wildman–Crippen LogP) is 7.54. The van der Waals surface area contributed by atoms with Crippen LogP contribution in [0.4, 0.5) is 0 Å². The van der Waals surface area contributed by atoms with Crippen LogP contribution < -0.4 is 0 Å². The van der Waals surface area contributed by atoms with Crippen molar-refractivity contribution in [3.05, 3.63) is 11.8 Å². The lowest BCUT2D eigenvalue weighted by Gasteiger charge is -2.61. The third kappa shape index (κ3) is 5.49. The van der Waals surface area contributed by atoms with Gasteiger partial charge in [0.15, 0.2) is 42.0 Å². The molecule has 15 rings (SSSR count). The summed E-state index contributed by atoms with van der Waals surface area (Å²) in [6.07, 6.45) is 9.35. The minimum atomic E-state index is -1.03. The van der Waals surface area contributed by atoms with Crippen LogP contribution in [-0.2, 0) is 67.2 Å². The molecule has 11 saturated heterocycles. The number of rotatable bonds is 2. The normalized spacial score (nSPS) is 61.0. The standard InChI is InChI=1S/C29H44O10.C15H22O4/c1-14-7-9-19-16(3)22(32-24-28(19)18(14)11-12-26(5,34-24)36-38-28)31-23-17(4)20-10-8-15(2)21-29(20)25(33-23)35-27(6,13-30-21)37-39-29;1-9-4-5-11-10(2)8-16-13-15(11)12(9)6-7-14(3,17-13)18-19-15/h14-25H,7-13H2,1-6H3;8-9,11-13H,4-7H2,1-3H3/t14-,15-,16-,17-,18+,19+,20+,21+,22?,23?,24-,25-,26+,27+,28?,29+;9-,11+,12+,13-,14+,15?/m11/s1. The van der Waals surface area contributed by atoms with Crippen molar-refractivity contribution >= 4 is 0 Å². The van der Waals surface area contributed by atoms with Crippen LogP contribution in [0, 0.1) is 59.2 Å². The first-order valence-electron chi connectivity index (χ1n) is 22.7. The van der Waals surface area contributed by atoms with Gasteiger partial charge in [0.25, 0.3) is 0 Å². The molecule has 0 aromatic heterocycles. The van der Waals surface area contributed by atoms with Crippen molar-refractivity contribution in [2.24, 2.45) is 59.2 Å². The van der Waals surface area contributed by atoms with Gasteiger partial charge in [0.2, 0.25) is 23.7 Å². The van der Waals surface area contributed by atoms with Crippen molar-refractivity contribution in [1.29, 1.82) is 0 Å². The quantitative estimate of drug-likeness (QED) is 0.255. The van der Waals surface area contributed by atoms with Crippen LogP contribution in [0.5, 0.6) is 0 Å². The molecule has 3 saturated carbocycles. The maximum absolute atomic E-state index is 6.81. The highest BCUT2D eigenvalue weighted by atomic mass is 17.3. The van der Waals surface area contributed by atoms with Gasteiger partial charge in [-0.2, -0.15) is 4.89 Å². The molecule has 22 atom stereocenters. The van der Waals surface area contributed by atoms with Gasteiger partial charge in [0, 0.05) is 48.3 Å². The smallest absolute Gasteiger partial charge is 0.235 e. The number of hydrogen-bond acceptors (Lipinski definition) is 14. The minimum Gasteiger partial charge on any atom is -0.469 e. The summed E-state index contributed by atoms with van der Waals surface area (Å²) in [6, 6.07) is 0. The maximum atomic E-state index is 6.81. The topological polar surface area (TPSA) is 129 Å². The van der Waals surface area contributed by atoms with Crippen molar-refractivity contribution in [3.63, 3.8) is 0 Å². The van der Waals surface area contributed by atoms with E-state index < -0.39 is 59.3 Å². The van der Waals surface area contributed by atoms with E-state index in [-0.39, 0.29) is 36.1 Å². The fraction of sp³-hybridized carbons (Fsp3) is 0.955. The lowest BCUT2D eigenvalue weighted by Crippen LogP contribution is -2.73. The lowest BCUT2D eigenvalue weighted by molar-refractivity contribution is -0.587. The Balaban J connectivity index is 0.000000169. The van der Waals surface area contributed by atoms with E-state index in [1.165, 1.54) is 12.0 Å². The maximum Gasteiger partial charge on any atom is 0.235 e. The molecule has 6 bridgehead atoms. The summed E-state index contributed by atoms with van der Waals surface area (Å²) >= 11 is 0. The summed E-state index contributed by atoms with van der Waals surface area (Å²) in [4.78, 5) is 36.0. The average Bonchev–Trinajstić information content (AvgIpc) is 3.68. The first-order valence-corrected chi connectivity index (χ1v) is 22.7. The molecule has 4 unspecified atom stereocenters. The molecular formula is C44H66O14. The lowest BCUT2D eigenvalue weighted by atomic mass is 9.58. The second-order valence-electron chi connectivity index (χ2n) is 21.1. The van der Waals surface area contributed by atoms with E-state index in [9.17, 15) is 0 Å². The fourth-order valence-corrected chi connectivity index (χ4v) is 14.1. The Labute approximate surface area is 342 Å². The summed E-state index contributed by atoms with van der Waals surface area (Å²) in [5.74, 6) is 0.376. The second-order valence-corrected chi connectivity index (χ2v) is 21.1. The summed E-state index contributed by atoms with van der Waals surface area (Å²) < 4.78 is 51.5. The summed E-state index contributed by atoms with van der Waals surface area (Å²) in [5.41, 5.74) is -0.631. The van der Waals surface area contributed by atoms with Gasteiger partial charge in [-0.1, -0.05) is 34.6 Å². The third-order valence-electron chi connectivity index (χ3n) is 17.4.